The highest BCUT2D eigenvalue weighted by Gasteiger charge is 2.13. The number of oxazole rings is 1. The maximum atomic E-state index is 5.28. The summed E-state index contributed by atoms with van der Waals surface area (Å²) in [4.78, 5) is 4.26. The van der Waals surface area contributed by atoms with Gasteiger partial charge in [-0.05, 0) is 32.7 Å². The van der Waals surface area contributed by atoms with Crippen molar-refractivity contribution in [3.8, 4) is 0 Å². The number of rotatable bonds is 6. The molecule has 0 bridgehead atoms. The Morgan fingerprint density at radius 3 is 3.00 bits per heavy atom. The maximum Gasteiger partial charge on any atom is 0.255 e. The highest BCUT2D eigenvalue weighted by molar-refractivity contribution is 7.99. The van der Waals surface area contributed by atoms with E-state index in [1.807, 2.05) is 6.92 Å². The molecule has 0 spiro atoms. The molecule has 1 N–H and O–H groups in total. The number of hydrogen-bond acceptors (Lipinski definition) is 4. The minimum atomic E-state index is 0.786. The molecule has 3 nitrogen and oxygen atoms in total. The van der Waals surface area contributed by atoms with E-state index in [2.05, 4.69) is 10.3 Å². The van der Waals surface area contributed by atoms with Gasteiger partial charge in [0.1, 0.15) is 6.26 Å². The number of aryl methyl sites for hydroxylation is 1. The van der Waals surface area contributed by atoms with Gasteiger partial charge in [0, 0.05) is 11.8 Å². The highest BCUT2D eigenvalue weighted by atomic mass is 32.2. The lowest BCUT2D eigenvalue weighted by Gasteiger charge is -2.10. The molecule has 0 radical (unpaired) electrons. The molecule has 90 valence electrons. The normalized spacial score (nSPS) is 17.1. The fraction of sp³-hybridized carbons (Fsp3) is 0.750. The molecule has 0 amide bonds. The third-order valence-electron chi connectivity index (χ3n) is 2.93. The Balaban J connectivity index is 1.51. The Kier molecular flexibility index (Phi) is 4.72. The van der Waals surface area contributed by atoms with Crippen LogP contribution in [0.1, 0.15) is 37.8 Å². The summed E-state index contributed by atoms with van der Waals surface area (Å²) in [5, 5.41) is 4.41. The summed E-state index contributed by atoms with van der Waals surface area (Å²) in [5.74, 6) is 1.08. The highest BCUT2D eigenvalue weighted by Crippen LogP contribution is 2.19. The third-order valence-corrected chi connectivity index (χ3v) is 3.86. The van der Waals surface area contributed by atoms with Crippen molar-refractivity contribution in [2.45, 2.75) is 50.3 Å². The third kappa shape index (κ3) is 3.83. The number of aromatic nitrogens is 1. The molecule has 1 fully saturated rings. The average Bonchev–Trinajstić information content (AvgIpc) is 2.89. The summed E-state index contributed by atoms with van der Waals surface area (Å²) in [5.41, 5.74) is 0.964. The zero-order valence-corrected chi connectivity index (χ0v) is 10.7. The number of thioether (sulfide) groups is 1. The first kappa shape index (κ1) is 12.0. The van der Waals surface area contributed by atoms with Gasteiger partial charge in [0.25, 0.3) is 5.22 Å². The Bertz CT molecular complexity index is 308. The van der Waals surface area contributed by atoms with Crippen LogP contribution in [0.2, 0.25) is 0 Å². The maximum absolute atomic E-state index is 5.28. The van der Waals surface area contributed by atoms with Gasteiger partial charge in [-0.15, -0.1) is 0 Å². The van der Waals surface area contributed by atoms with Gasteiger partial charge >= 0.3 is 0 Å². The summed E-state index contributed by atoms with van der Waals surface area (Å²) in [6, 6.07) is 0.786. The van der Waals surface area contributed by atoms with E-state index in [9.17, 15) is 0 Å². The molecule has 0 atom stereocenters. The Morgan fingerprint density at radius 2 is 2.31 bits per heavy atom. The monoisotopic (exact) mass is 240 g/mol. The van der Waals surface area contributed by atoms with E-state index < -0.39 is 0 Å². The lowest BCUT2D eigenvalue weighted by molar-refractivity contribution is 0.453. The molecule has 0 saturated heterocycles. The summed E-state index contributed by atoms with van der Waals surface area (Å²) in [6.07, 6.45) is 8.43. The lowest BCUT2D eigenvalue weighted by atomic mass is 10.2. The first-order valence-electron chi connectivity index (χ1n) is 6.13. The summed E-state index contributed by atoms with van der Waals surface area (Å²) >= 11 is 1.71. The molecule has 0 unspecified atom stereocenters. The van der Waals surface area contributed by atoms with E-state index in [4.69, 9.17) is 4.42 Å². The second-order valence-corrected chi connectivity index (χ2v) is 5.44. The molecule has 0 aliphatic heterocycles. The molecule has 4 heteroatoms. The van der Waals surface area contributed by atoms with Crippen molar-refractivity contribution >= 4 is 11.8 Å². The fourth-order valence-corrected chi connectivity index (χ4v) is 2.85. The van der Waals surface area contributed by atoms with Gasteiger partial charge in [-0.3, -0.25) is 0 Å². The van der Waals surface area contributed by atoms with Crippen molar-refractivity contribution in [1.29, 1.82) is 0 Å². The van der Waals surface area contributed by atoms with E-state index in [0.29, 0.717) is 0 Å². The van der Waals surface area contributed by atoms with E-state index in [-0.39, 0.29) is 0 Å². The Morgan fingerprint density at radius 1 is 1.50 bits per heavy atom. The number of nitrogens with zero attached hydrogens (tertiary/aromatic N) is 1. The van der Waals surface area contributed by atoms with Crippen LogP contribution in [0.25, 0.3) is 0 Å². The van der Waals surface area contributed by atoms with Crippen LogP contribution in [0.4, 0.5) is 0 Å². The van der Waals surface area contributed by atoms with Crippen molar-refractivity contribution in [1.82, 2.24) is 10.3 Å². The summed E-state index contributed by atoms with van der Waals surface area (Å²) < 4.78 is 5.28. The van der Waals surface area contributed by atoms with E-state index >= 15 is 0 Å². The predicted molar refractivity (Wildman–Crippen MR) is 66.8 cm³/mol. The molecule has 1 aromatic rings. The molecule has 1 heterocycles. The minimum Gasteiger partial charge on any atom is -0.440 e. The standard InChI is InChI=1S/C12H20N2OS/c1-10-9-15-12(14-10)16-8-4-7-13-11-5-2-3-6-11/h9,11,13H,2-8H2,1H3. The van der Waals surface area contributed by atoms with Crippen molar-refractivity contribution in [2.24, 2.45) is 0 Å². The van der Waals surface area contributed by atoms with Gasteiger partial charge in [0.2, 0.25) is 0 Å². The first-order valence-corrected chi connectivity index (χ1v) is 7.11. The van der Waals surface area contributed by atoms with Crippen LogP contribution in [0.15, 0.2) is 15.9 Å². The zero-order valence-electron chi connectivity index (χ0n) is 9.87. The van der Waals surface area contributed by atoms with Crippen LogP contribution in [0.3, 0.4) is 0 Å². The van der Waals surface area contributed by atoms with Gasteiger partial charge < -0.3 is 9.73 Å². The minimum absolute atomic E-state index is 0.786. The van der Waals surface area contributed by atoms with E-state index in [0.717, 1.165) is 29.3 Å². The number of nitrogens with one attached hydrogen (secondary N) is 1. The first-order chi connectivity index (χ1) is 7.84. The summed E-state index contributed by atoms with van der Waals surface area (Å²) in [7, 11) is 0. The second-order valence-electron chi connectivity index (χ2n) is 4.39. The van der Waals surface area contributed by atoms with Crippen molar-refractivity contribution in [2.75, 3.05) is 12.3 Å². The molecule has 16 heavy (non-hydrogen) atoms. The molecule has 0 aromatic carbocycles. The Hall–Kier alpha value is -0.480. The zero-order chi connectivity index (χ0) is 11.2. The van der Waals surface area contributed by atoms with Crippen LogP contribution in [-0.2, 0) is 0 Å². The fourth-order valence-electron chi connectivity index (χ4n) is 2.07. The smallest absolute Gasteiger partial charge is 0.255 e. The van der Waals surface area contributed by atoms with Crippen LogP contribution in [0, 0.1) is 6.92 Å². The van der Waals surface area contributed by atoms with Gasteiger partial charge in [0.05, 0.1) is 5.69 Å². The van der Waals surface area contributed by atoms with Crippen molar-refractivity contribution in [3.05, 3.63) is 12.0 Å². The Labute approximate surface area is 101 Å². The second kappa shape index (κ2) is 6.30. The molecule has 1 saturated carbocycles. The molecule has 1 aromatic heterocycles. The van der Waals surface area contributed by atoms with E-state index in [1.165, 1.54) is 32.1 Å². The summed E-state index contributed by atoms with van der Waals surface area (Å²) in [6.45, 7) is 3.08. The van der Waals surface area contributed by atoms with Gasteiger partial charge in [-0.2, -0.15) is 0 Å². The largest absolute Gasteiger partial charge is 0.440 e. The number of hydrogen-bond donors (Lipinski definition) is 1. The van der Waals surface area contributed by atoms with Crippen LogP contribution < -0.4 is 5.32 Å². The van der Waals surface area contributed by atoms with Crippen LogP contribution in [0.5, 0.6) is 0 Å². The average molecular weight is 240 g/mol. The molecule has 1 aliphatic rings. The van der Waals surface area contributed by atoms with Crippen LogP contribution >= 0.6 is 11.8 Å². The molecule has 1 aliphatic carbocycles. The van der Waals surface area contributed by atoms with Gasteiger partial charge in [-0.1, -0.05) is 24.6 Å². The lowest BCUT2D eigenvalue weighted by Crippen LogP contribution is -2.27. The van der Waals surface area contributed by atoms with Gasteiger partial charge in [-0.25, -0.2) is 4.98 Å². The van der Waals surface area contributed by atoms with Crippen LogP contribution in [-0.4, -0.2) is 23.3 Å². The van der Waals surface area contributed by atoms with Crippen molar-refractivity contribution in [3.63, 3.8) is 0 Å². The molecular weight excluding hydrogens is 220 g/mol. The molecular formula is C12H20N2OS. The van der Waals surface area contributed by atoms with E-state index in [1.54, 1.807) is 18.0 Å². The topological polar surface area (TPSA) is 38.1 Å². The predicted octanol–water partition coefficient (Wildman–Crippen LogP) is 3.00. The van der Waals surface area contributed by atoms with Crippen molar-refractivity contribution < 1.29 is 4.42 Å². The quantitative estimate of drug-likeness (QED) is 0.613. The molecule has 2 rings (SSSR count). The van der Waals surface area contributed by atoms with Gasteiger partial charge in [0.15, 0.2) is 0 Å². The SMILES string of the molecule is Cc1coc(SCCCNC2CCCC2)n1.